The molecular weight excluding hydrogens is 198 g/mol. The van der Waals surface area contributed by atoms with Crippen LogP contribution in [-0.4, -0.2) is 24.5 Å². The largest absolute Gasteiger partial charge is 0.461 e. The van der Waals surface area contributed by atoms with Gasteiger partial charge in [-0.15, -0.1) is 0 Å². The van der Waals surface area contributed by atoms with E-state index < -0.39 is 5.97 Å². The third-order valence-corrected chi connectivity index (χ3v) is 1.95. The third-order valence-electron chi connectivity index (χ3n) is 1.95. The van der Waals surface area contributed by atoms with Gasteiger partial charge in [0.2, 0.25) is 0 Å². The van der Waals surface area contributed by atoms with Crippen molar-refractivity contribution in [3.8, 4) is 0 Å². The van der Waals surface area contributed by atoms with Gasteiger partial charge in [-0.05, 0) is 26.3 Å². The van der Waals surface area contributed by atoms with E-state index in [2.05, 4.69) is 5.48 Å². The number of hydroxylamine groups is 1. The van der Waals surface area contributed by atoms with Crippen molar-refractivity contribution in [1.29, 1.82) is 0 Å². The first-order chi connectivity index (χ1) is 7.13. The number of nitrogens with one attached hydrogen (secondary N) is 1. The van der Waals surface area contributed by atoms with E-state index in [9.17, 15) is 9.59 Å². The number of esters is 1. The first kappa shape index (κ1) is 11.7. The normalized spacial score (nSPS) is 19.3. The summed E-state index contributed by atoms with van der Waals surface area (Å²) < 4.78 is 4.78. The van der Waals surface area contributed by atoms with Crippen molar-refractivity contribution in [3.05, 3.63) is 11.8 Å². The summed E-state index contributed by atoms with van der Waals surface area (Å²) in [4.78, 5) is 27.0. The van der Waals surface area contributed by atoms with E-state index >= 15 is 0 Å². The van der Waals surface area contributed by atoms with Gasteiger partial charge in [-0.1, -0.05) is 0 Å². The zero-order chi connectivity index (χ0) is 11.3. The third kappa shape index (κ3) is 3.71. The second-order valence-electron chi connectivity index (χ2n) is 3.30. The lowest BCUT2D eigenvalue weighted by Gasteiger charge is -2.04. The SMILES string of the molecule is CCOC(=O)C1=CC(CCC(C)=O)ON1. The highest BCUT2D eigenvalue weighted by Gasteiger charge is 2.22. The number of ether oxygens (including phenoxy) is 1. The topological polar surface area (TPSA) is 64.6 Å². The van der Waals surface area contributed by atoms with E-state index in [1.807, 2.05) is 0 Å². The van der Waals surface area contributed by atoms with Crippen molar-refractivity contribution in [1.82, 2.24) is 5.48 Å². The Kier molecular flexibility index (Phi) is 4.30. The van der Waals surface area contributed by atoms with Gasteiger partial charge in [0, 0.05) is 6.42 Å². The van der Waals surface area contributed by atoms with Crippen LogP contribution in [0.25, 0.3) is 0 Å². The highest BCUT2D eigenvalue weighted by Crippen LogP contribution is 2.13. The van der Waals surface area contributed by atoms with Gasteiger partial charge in [-0.25, -0.2) is 4.79 Å². The number of ketones is 1. The smallest absolute Gasteiger partial charge is 0.356 e. The van der Waals surface area contributed by atoms with Crippen LogP contribution < -0.4 is 5.48 Å². The average Bonchev–Trinajstić information content (AvgIpc) is 2.63. The maximum absolute atomic E-state index is 11.2. The van der Waals surface area contributed by atoms with Crippen LogP contribution in [0.1, 0.15) is 26.7 Å². The van der Waals surface area contributed by atoms with Crippen LogP contribution in [-0.2, 0) is 19.2 Å². The molecule has 1 aliphatic rings. The lowest BCUT2D eigenvalue weighted by atomic mass is 10.1. The molecule has 1 atom stereocenters. The van der Waals surface area contributed by atoms with E-state index in [-0.39, 0.29) is 11.9 Å². The van der Waals surface area contributed by atoms with Gasteiger partial charge in [-0.2, -0.15) is 0 Å². The highest BCUT2D eigenvalue weighted by atomic mass is 16.7. The fourth-order valence-electron chi connectivity index (χ4n) is 1.20. The maximum atomic E-state index is 11.2. The van der Waals surface area contributed by atoms with Gasteiger partial charge in [0.15, 0.2) is 0 Å². The Morgan fingerprint density at radius 1 is 1.60 bits per heavy atom. The Labute approximate surface area is 88.4 Å². The molecule has 0 radical (unpaired) electrons. The Morgan fingerprint density at radius 2 is 2.33 bits per heavy atom. The van der Waals surface area contributed by atoms with E-state index in [1.54, 1.807) is 13.0 Å². The minimum absolute atomic E-state index is 0.108. The fourth-order valence-corrected chi connectivity index (χ4v) is 1.20. The van der Waals surface area contributed by atoms with Crippen LogP contribution in [0, 0.1) is 0 Å². The van der Waals surface area contributed by atoms with Gasteiger partial charge < -0.3 is 9.53 Å². The number of rotatable bonds is 5. The van der Waals surface area contributed by atoms with Crippen molar-refractivity contribution >= 4 is 11.8 Å². The molecule has 15 heavy (non-hydrogen) atoms. The van der Waals surface area contributed by atoms with Crippen molar-refractivity contribution in [2.24, 2.45) is 0 Å². The molecule has 0 aromatic rings. The quantitative estimate of drug-likeness (QED) is 0.681. The molecule has 0 spiro atoms. The summed E-state index contributed by atoms with van der Waals surface area (Å²) in [6.45, 7) is 3.59. The molecular formula is C10H15NO4. The molecule has 1 unspecified atom stereocenters. The summed E-state index contributed by atoms with van der Waals surface area (Å²) in [7, 11) is 0. The molecule has 0 aliphatic carbocycles. The first-order valence-corrected chi connectivity index (χ1v) is 4.93. The molecule has 5 nitrogen and oxygen atoms in total. The van der Waals surface area contributed by atoms with Crippen LogP contribution in [0.15, 0.2) is 11.8 Å². The molecule has 0 bridgehead atoms. The number of Topliss-reactive ketones (excluding diaryl/α,β-unsaturated/α-hetero) is 1. The monoisotopic (exact) mass is 213 g/mol. The maximum Gasteiger partial charge on any atom is 0.356 e. The highest BCUT2D eigenvalue weighted by molar-refractivity contribution is 5.88. The van der Waals surface area contributed by atoms with Crippen LogP contribution in [0.4, 0.5) is 0 Å². The summed E-state index contributed by atoms with van der Waals surface area (Å²) in [5.74, 6) is -0.320. The Balaban J connectivity index is 2.40. The van der Waals surface area contributed by atoms with Crippen LogP contribution >= 0.6 is 0 Å². The lowest BCUT2D eigenvalue weighted by Crippen LogP contribution is -2.18. The van der Waals surface area contributed by atoms with Crippen LogP contribution in [0.2, 0.25) is 0 Å². The van der Waals surface area contributed by atoms with Crippen LogP contribution in [0.3, 0.4) is 0 Å². The number of hydrogen-bond acceptors (Lipinski definition) is 5. The van der Waals surface area contributed by atoms with Gasteiger partial charge in [-0.3, -0.25) is 10.3 Å². The predicted octanol–water partition coefficient (Wildman–Crippen LogP) is 0.706. The van der Waals surface area contributed by atoms with Crippen molar-refractivity contribution < 1.29 is 19.2 Å². The molecule has 0 amide bonds. The molecule has 5 heteroatoms. The second-order valence-corrected chi connectivity index (χ2v) is 3.30. The molecule has 0 saturated heterocycles. The Bertz CT molecular complexity index is 285. The standard InChI is InChI=1S/C10H15NO4/c1-3-14-10(13)9-6-8(15-11-9)5-4-7(2)12/h6,8,11H,3-5H2,1-2H3. The Morgan fingerprint density at radius 3 is 2.93 bits per heavy atom. The lowest BCUT2D eigenvalue weighted by molar-refractivity contribution is -0.140. The van der Waals surface area contributed by atoms with Gasteiger partial charge in [0.1, 0.15) is 17.6 Å². The van der Waals surface area contributed by atoms with E-state index in [4.69, 9.17) is 9.57 Å². The molecule has 0 aromatic heterocycles. The number of hydrogen-bond donors (Lipinski definition) is 1. The van der Waals surface area contributed by atoms with Gasteiger partial charge in [0.25, 0.3) is 0 Å². The molecule has 0 fully saturated rings. The zero-order valence-corrected chi connectivity index (χ0v) is 8.91. The molecule has 0 aromatic carbocycles. The zero-order valence-electron chi connectivity index (χ0n) is 8.91. The predicted molar refractivity (Wildman–Crippen MR) is 52.6 cm³/mol. The molecule has 1 heterocycles. The summed E-state index contributed by atoms with van der Waals surface area (Å²) in [5, 5.41) is 0. The van der Waals surface area contributed by atoms with Crippen molar-refractivity contribution in [2.45, 2.75) is 32.8 Å². The summed E-state index contributed by atoms with van der Waals surface area (Å²) in [5.41, 5.74) is 2.80. The summed E-state index contributed by atoms with van der Waals surface area (Å²) in [6, 6.07) is 0. The minimum Gasteiger partial charge on any atom is -0.461 e. The first-order valence-electron chi connectivity index (χ1n) is 4.93. The van der Waals surface area contributed by atoms with Gasteiger partial charge in [0.05, 0.1) is 6.61 Å². The summed E-state index contributed by atoms with van der Waals surface area (Å²) in [6.07, 6.45) is 2.43. The van der Waals surface area contributed by atoms with Gasteiger partial charge >= 0.3 is 5.97 Å². The average molecular weight is 213 g/mol. The fraction of sp³-hybridized carbons (Fsp3) is 0.600. The van der Waals surface area contributed by atoms with Crippen LogP contribution in [0.5, 0.6) is 0 Å². The molecule has 1 rings (SSSR count). The van der Waals surface area contributed by atoms with E-state index in [0.717, 1.165) is 0 Å². The Hall–Kier alpha value is -1.36. The molecule has 1 aliphatic heterocycles. The number of carbonyl (C=O) groups excluding carboxylic acids is 2. The number of carbonyl (C=O) groups is 2. The van der Waals surface area contributed by atoms with E-state index in [1.165, 1.54) is 6.92 Å². The molecule has 0 saturated carbocycles. The molecule has 1 N–H and O–H groups in total. The second kappa shape index (κ2) is 5.50. The molecule has 84 valence electrons. The minimum atomic E-state index is -0.428. The van der Waals surface area contributed by atoms with Crippen molar-refractivity contribution in [3.63, 3.8) is 0 Å². The van der Waals surface area contributed by atoms with Crippen molar-refractivity contribution in [2.75, 3.05) is 6.61 Å². The summed E-state index contributed by atoms with van der Waals surface area (Å²) >= 11 is 0. The van der Waals surface area contributed by atoms with E-state index in [0.29, 0.717) is 25.1 Å².